The zero-order chi connectivity index (χ0) is 22.9. The smallest absolute Gasteiger partial charge is 0.247 e. The second-order valence-electron chi connectivity index (χ2n) is 8.92. The van der Waals surface area contributed by atoms with E-state index in [0.29, 0.717) is 5.75 Å². The van der Waals surface area contributed by atoms with Crippen LogP contribution in [0.1, 0.15) is 49.3 Å². The Morgan fingerprint density at radius 3 is 2.58 bits per heavy atom. The van der Waals surface area contributed by atoms with Crippen LogP contribution in [0.2, 0.25) is 0 Å². The van der Waals surface area contributed by atoms with Crippen LogP contribution in [0.25, 0.3) is 10.9 Å². The molecule has 2 heterocycles. The van der Waals surface area contributed by atoms with Gasteiger partial charge in [-0.2, -0.15) is 0 Å². The molecule has 0 bridgehead atoms. The van der Waals surface area contributed by atoms with E-state index in [1.165, 1.54) is 30.3 Å². The van der Waals surface area contributed by atoms with Gasteiger partial charge in [0, 0.05) is 36.1 Å². The quantitative estimate of drug-likeness (QED) is 0.594. The molecule has 7 heteroatoms. The molecule has 3 aromatic rings. The first-order chi connectivity index (χ1) is 16.0. The largest absolute Gasteiger partial charge is 0.350 e. The van der Waals surface area contributed by atoms with Crippen molar-refractivity contribution in [1.82, 2.24) is 14.8 Å². The highest BCUT2D eigenvalue weighted by molar-refractivity contribution is 8.00. The van der Waals surface area contributed by atoms with E-state index in [1.54, 1.807) is 12.1 Å². The number of thioether (sulfide) groups is 1. The van der Waals surface area contributed by atoms with Crippen molar-refractivity contribution in [3.05, 3.63) is 65.5 Å². The number of nitrogens with one attached hydrogen (secondary N) is 1. The van der Waals surface area contributed by atoms with E-state index >= 15 is 0 Å². The molecule has 1 aromatic heterocycles. The maximum Gasteiger partial charge on any atom is 0.247 e. The van der Waals surface area contributed by atoms with Crippen LogP contribution in [0.3, 0.4) is 0 Å². The lowest BCUT2D eigenvalue weighted by molar-refractivity contribution is -0.142. The van der Waals surface area contributed by atoms with Gasteiger partial charge in [-0.05, 0) is 36.6 Å². The first-order valence-electron chi connectivity index (χ1n) is 11.6. The van der Waals surface area contributed by atoms with Crippen molar-refractivity contribution in [2.24, 2.45) is 7.05 Å². The van der Waals surface area contributed by atoms with Crippen molar-refractivity contribution in [3.8, 4) is 0 Å². The third kappa shape index (κ3) is 4.14. The van der Waals surface area contributed by atoms with Crippen LogP contribution >= 0.6 is 11.8 Å². The predicted octanol–water partition coefficient (Wildman–Crippen LogP) is 4.94. The molecule has 1 aliphatic heterocycles. The van der Waals surface area contributed by atoms with Gasteiger partial charge in [0.15, 0.2) is 0 Å². The minimum absolute atomic E-state index is 0.0223. The fraction of sp³-hybridized carbons (Fsp3) is 0.385. The topological polar surface area (TPSA) is 54.3 Å². The summed E-state index contributed by atoms with van der Waals surface area (Å²) < 4.78 is 15.4. The van der Waals surface area contributed by atoms with E-state index in [-0.39, 0.29) is 30.2 Å². The SMILES string of the molecule is Cn1c2c(c3ccccc31)C(C(=O)NCc1ccc(F)cc1)N(C1CCCCC1)C(=O)CS2. The molecule has 1 fully saturated rings. The number of para-hydroxylation sites is 1. The zero-order valence-corrected chi connectivity index (χ0v) is 19.5. The summed E-state index contributed by atoms with van der Waals surface area (Å²) in [6.45, 7) is 0.287. The highest BCUT2D eigenvalue weighted by Gasteiger charge is 2.42. The highest BCUT2D eigenvalue weighted by atomic mass is 32.2. The minimum Gasteiger partial charge on any atom is -0.350 e. The molecule has 2 aliphatic rings. The van der Waals surface area contributed by atoms with Crippen LogP contribution in [-0.4, -0.2) is 33.1 Å². The molecule has 1 N–H and O–H groups in total. The van der Waals surface area contributed by atoms with E-state index in [9.17, 15) is 14.0 Å². The molecule has 0 radical (unpaired) electrons. The van der Waals surface area contributed by atoms with Gasteiger partial charge in [0.25, 0.3) is 0 Å². The van der Waals surface area contributed by atoms with E-state index in [4.69, 9.17) is 0 Å². The summed E-state index contributed by atoms with van der Waals surface area (Å²) in [4.78, 5) is 29.1. The molecule has 0 spiro atoms. The monoisotopic (exact) mass is 465 g/mol. The fourth-order valence-corrected chi connectivity index (χ4v) is 6.32. The van der Waals surface area contributed by atoms with Gasteiger partial charge in [0.2, 0.25) is 11.8 Å². The molecule has 5 rings (SSSR count). The maximum atomic E-state index is 13.8. The number of hydrogen-bond acceptors (Lipinski definition) is 3. The van der Waals surface area contributed by atoms with Gasteiger partial charge in [-0.15, -0.1) is 0 Å². The van der Waals surface area contributed by atoms with E-state index in [0.717, 1.165) is 52.7 Å². The van der Waals surface area contributed by atoms with E-state index < -0.39 is 6.04 Å². The summed E-state index contributed by atoms with van der Waals surface area (Å²) >= 11 is 1.53. The van der Waals surface area contributed by atoms with Crippen LogP contribution in [0.15, 0.2) is 53.6 Å². The minimum atomic E-state index is -0.683. The van der Waals surface area contributed by atoms with Gasteiger partial charge in [-0.25, -0.2) is 4.39 Å². The number of nitrogens with zero attached hydrogens (tertiary/aromatic N) is 2. The van der Waals surface area contributed by atoms with E-state index in [2.05, 4.69) is 16.0 Å². The Morgan fingerprint density at radius 2 is 1.82 bits per heavy atom. The van der Waals surface area contributed by atoms with Crippen LogP contribution in [0, 0.1) is 5.82 Å². The Kier molecular flexibility index (Phi) is 6.15. The van der Waals surface area contributed by atoms with Gasteiger partial charge in [0.1, 0.15) is 11.9 Å². The van der Waals surface area contributed by atoms with Crippen LogP contribution < -0.4 is 5.32 Å². The van der Waals surface area contributed by atoms with Crippen molar-refractivity contribution in [1.29, 1.82) is 0 Å². The standard InChI is InChI=1S/C26H28FN3O2S/c1-29-21-10-6-5-9-20(21)23-24(25(32)28-15-17-11-13-18(27)14-12-17)30(19-7-3-2-4-8-19)22(31)16-33-26(23)29/h5-6,9-14,19,24H,2-4,7-8,15-16H2,1H3,(H,28,32). The second kappa shape index (κ2) is 9.21. The van der Waals surface area contributed by atoms with Crippen molar-refractivity contribution < 1.29 is 14.0 Å². The summed E-state index contributed by atoms with van der Waals surface area (Å²) in [6.07, 6.45) is 5.19. The number of carbonyl (C=O) groups is 2. The summed E-state index contributed by atoms with van der Waals surface area (Å²) in [5.41, 5.74) is 2.80. The van der Waals surface area contributed by atoms with E-state index in [1.807, 2.05) is 30.1 Å². The third-order valence-corrected chi connectivity index (χ3v) is 8.02. The Balaban J connectivity index is 1.57. The van der Waals surface area contributed by atoms with Crippen LogP contribution in [0.5, 0.6) is 0 Å². The number of benzene rings is 2. The van der Waals surface area contributed by atoms with Gasteiger partial charge in [-0.1, -0.05) is 61.4 Å². The average Bonchev–Trinajstić information content (AvgIpc) is 3.01. The maximum absolute atomic E-state index is 13.8. The van der Waals surface area contributed by atoms with Crippen molar-refractivity contribution in [2.45, 2.75) is 55.8 Å². The lowest BCUT2D eigenvalue weighted by Gasteiger charge is -2.38. The lowest BCUT2D eigenvalue weighted by Crippen LogP contribution is -2.49. The third-order valence-electron chi connectivity index (χ3n) is 6.86. The molecule has 2 amide bonds. The highest BCUT2D eigenvalue weighted by Crippen LogP contribution is 2.43. The summed E-state index contributed by atoms with van der Waals surface area (Å²) in [5, 5.41) is 5.04. The Hall–Kier alpha value is -2.80. The number of halogens is 1. The fourth-order valence-electron chi connectivity index (χ4n) is 5.24. The Morgan fingerprint density at radius 1 is 1.09 bits per heavy atom. The molecule has 1 unspecified atom stereocenters. The van der Waals surface area contributed by atoms with Crippen molar-refractivity contribution in [3.63, 3.8) is 0 Å². The van der Waals surface area contributed by atoms with Gasteiger partial charge in [-0.3, -0.25) is 9.59 Å². The molecule has 2 aromatic carbocycles. The van der Waals surface area contributed by atoms with Gasteiger partial charge in [0.05, 0.1) is 10.8 Å². The zero-order valence-electron chi connectivity index (χ0n) is 18.7. The molecule has 5 nitrogen and oxygen atoms in total. The number of carbonyl (C=O) groups excluding carboxylic acids is 2. The average molecular weight is 466 g/mol. The predicted molar refractivity (Wildman–Crippen MR) is 128 cm³/mol. The number of aryl methyl sites for hydroxylation is 1. The van der Waals surface area contributed by atoms with Crippen LogP contribution in [-0.2, 0) is 23.2 Å². The van der Waals surface area contributed by atoms with Crippen molar-refractivity contribution in [2.75, 3.05) is 5.75 Å². The molecular weight excluding hydrogens is 437 g/mol. The summed E-state index contributed by atoms with van der Waals surface area (Å²) in [5.74, 6) is -0.136. The van der Waals surface area contributed by atoms with Crippen molar-refractivity contribution >= 4 is 34.5 Å². The van der Waals surface area contributed by atoms with Gasteiger partial charge >= 0.3 is 0 Å². The molecular formula is C26H28FN3O2S. The molecule has 0 saturated heterocycles. The Labute approximate surface area is 197 Å². The molecule has 33 heavy (non-hydrogen) atoms. The molecule has 1 saturated carbocycles. The normalized spacial score (nSPS) is 19.4. The Bertz CT molecular complexity index is 1180. The first-order valence-corrected chi connectivity index (χ1v) is 12.6. The van der Waals surface area contributed by atoms with Crippen LogP contribution in [0.4, 0.5) is 4.39 Å². The molecule has 1 atom stereocenters. The second-order valence-corrected chi connectivity index (χ2v) is 9.89. The van der Waals surface area contributed by atoms with Gasteiger partial charge < -0.3 is 14.8 Å². The number of aromatic nitrogens is 1. The summed E-state index contributed by atoms with van der Waals surface area (Å²) in [6, 6.07) is 13.6. The number of hydrogen-bond donors (Lipinski definition) is 1. The lowest BCUT2D eigenvalue weighted by atomic mass is 9.91. The first kappa shape index (κ1) is 22.0. The number of rotatable bonds is 4. The molecule has 1 aliphatic carbocycles. The molecule has 172 valence electrons. The summed E-state index contributed by atoms with van der Waals surface area (Å²) in [7, 11) is 2.00. The number of fused-ring (bicyclic) bond motifs is 3. The number of amides is 2.